The molecule has 3 aromatic carbocycles. The van der Waals surface area contributed by atoms with E-state index in [2.05, 4.69) is 33.1 Å². The monoisotopic (exact) mass is 455 g/mol. The van der Waals surface area contributed by atoms with Crippen LogP contribution in [-0.4, -0.2) is 40.6 Å². The number of nitrogens with one attached hydrogen (secondary N) is 2. The molecular formula is C24H26ClN3O2S. The minimum Gasteiger partial charge on any atom is -0.369 e. The first-order chi connectivity index (χ1) is 15.0. The first-order valence-electron chi connectivity index (χ1n) is 10.8. The summed E-state index contributed by atoms with van der Waals surface area (Å²) in [7, 11) is -3.62. The van der Waals surface area contributed by atoms with Crippen LogP contribution in [0.1, 0.15) is 17.5 Å². The summed E-state index contributed by atoms with van der Waals surface area (Å²) in [4.78, 5) is 2.70. The smallest absolute Gasteiger partial charge is 0.240 e. The fraction of sp³-hybridized carbons (Fsp3) is 0.333. The number of fused-ring (bicyclic) bond motifs is 2. The summed E-state index contributed by atoms with van der Waals surface area (Å²) in [6.07, 6.45) is 2.40. The van der Waals surface area contributed by atoms with Crippen molar-refractivity contribution in [2.45, 2.75) is 30.2 Å². The molecule has 2 aliphatic rings. The van der Waals surface area contributed by atoms with Gasteiger partial charge in [-0.1, -0.05) is 41.9 Å². The fourth-order valence-corrected chi connectivity index (χ4v) is 6.30. The van der Waals surface area contributed by atoms with Crippen molar-refractivity contribution >= 4 is 38.1 Å². The molecule has 31 heavy (non-hydrogen) atoms. The number of halogens is 1. The summed E-state index contributed by atoms with van der Waals surface area (Å²) in [5.41, 5.74) is 3.88. The third-order valence-corrected chi connectivity index (χ3v) is 8.20. The molecule has 7 heteroatoms. The van der Waals surface area contributed by atoms with Crippen molar-refractivity contribution in [3.05, 3.63) is 70.7 Å². The van der Waals surface area contributed by atoms with E-state index in [4.69, 9.17) is 11.6 Å². The Bertz CT molecular complexity index is 1220. The molecule has 5 rings (SSSR count). The van der Waals surface area contributed by atoms with E-state index in [1.807, 2.05) is 18.2 Å². The Morgan fingerprint density at radius 3 is 2.68 bits per heavy atom. The quantitative estimate of drug-likeness (QED) is 0.629. The molecule has 3 aromatic rings. The van der Waals surface area contributed by atoms with Gasteiger partial charge in [0.1, 0.15) is 0 Å². The molecule has 1 atom stereocenters. The number of sulfonamides is 1. The molecule has 1 saturated heterocycles. The van der Waals surface area contributed by atoms with Crippen molar-refractivity contribution in [3.63, 3.8) is 0 Å². The van der Waals surface area contributed by atoms with Crippen LogP contribution in [0.2, 0.25) is 5.02 Å². The Morgan fingerprint density at radius 1 is 1.03 bits per heavy atom. The van der Waals surface area contributed by atoms with E-state index in [9.17, 15) is 8.42 Å². The van der Waals surface area contributed by atoms with Gasteiger partial charge in [-0.2, -0.15) is 0 Å². The second-order valence-electron chi connectivity index (χ2n) is 8.34. The number of nitrogens with zero attached hydrogens (tertiary/aromatic N) is 1. The van der Waals surface area contributed by atoms with Crippen LogP contribution in [0.25, 0.3) is 10.8 Å². The SMILES string of the molecule is O=S(=O)(NC1CCc2cccc(N3CCNCC3)c2C1)c1ccc2c(Cl)cccc2c1. The minimum atomic E-state index is -3.62. The van der Waals surface area contributed by atoms with Gasteiger partial charge in [-0.25, -0.2) is 13.1 Å². The lowest BCUT2D eigenvalue weighted by molar-refractivity contribution is 0.506. The highest BCUT2D eigenvalue weighted by Crippen LogP contribution is 2.32. The Labute approximate surface area is 188 Å². The molecule has 0 spiro atoms. The van der Waals surface area contributed by atoms with E-state index in [0.717, 1.165) is 49.8 Å². The molecule has 0 bridgehead atoms. The number of anilines is 1. The van der Waals surface area contributed by atoms with Crippen LogP contribution in [0.4, 0.5) is 5.69 Å². The molecule has 2 N–H and O–H groups in total. The fourth-order valence-electron chi connectivity index (χ4n) is 4.75. The van der Waals surface area contributed by atoms with E-state index in [1.54, 1.807) is 18.2 Å². The summed E-state index contributed by atoms with van der Waals surface area (Å²) >= 11 is 6.23. The predicted molar refractivity (Wildman–Crippen MR) is 127 cm³/mol. The zero-order chi connectivity index (χ0) is 21.4. The molecule has 1 heterocycles. The lowest BCUT2D eigenvalue weighted by atomic mass is 9.87. The first-order valence-corrected chi connectivity index (χ1v) is 12.6. The lowest BCUT2D eigenvalue weighted by Gasteiger charge is -2.34. The van der Waals surface area contributed by atoms with Gasteiger partial charge in [0.05, 0.1) is 4.90 Å². The maximum atomic E-state index is 13.2. The molecule has 0 saturated carbocycles. The van der Waals surface area contributed by atoms with Gasteiger partial charge >= 0.3 is 0 Å². The maximum Gasteiger partial charge on any atom is 0.240 e. The van der Waals surface area contributed by atoms with Gasteiger partial charge in [0.25, 0.3) is 0 Å². The van der Waals surface area contributed by atoms with Crippen LogP contribution < -0.4 is 14.9 Å². The molecule has 0 aromatic heterocycles. The standard InChI is InChI=1S/C24H26ClN3O2S/c25-23-5-1-4-18-15-20(9-10-21(18)23)31(29,30)27-19-8-7-17-3-2-6-24(22(17)16-19)28-13-11-26-12-14-28/h1-6,9-10,15,19,26-27H,7-8,11-14,16H2. The Kier molecular flexibility index (Phi) is 5.65. The molecule has 1 aliphatic heterocycles. The number of aryl methyl sites for hydroxylation is 1. The van der Waals surface area contributed by atoms with E-state index >= 15 is 0 Å². The normalized spacial score (nSPS) is 19.4. The largest absolute Gasteiger partial charge is 0.369 e. The zero-order valence-corrected chi connectivity index (χ0v) is 18.8. The number of piperazine rings is 1. The third-order valence-electron chi connectivity index (χ3n) is 6.35. The molecule has 5 nitrogen and oxygen atoms in total. The maximum absolute atomic E-state index is 13.2. The topological polar surface area (TPSA) is 61.4 Å². The number of rotatable bonds is 4. The van der Waals surface area contributed by atoms with Crippen LogP contribution >= 0.6 is 11.6 Å². The molecule has 1 fully saturated rings. The highest BCUT2D eigenvalue weighted by atomic mass is 35.5. The molecular weight excluding hydrogens is 430 g/mol. The summed E-state index contributed by atoms with van der Waals surface area (Å²) < 4.78 is 29.3. The van der Waals surface area contributed by atoms with Crippen LogP contribution in [0, 0.1) is 0 Å². The number of hydrogen-bond acceptors (Lipinski definition) is 4. The van der Waals surface area contributed by atoms with Crippen molar-refractivity contribution in [2.24, 2.45) is 0 Å². The second-order valence-corrected chi connectivity index (χ2v) is 10.5. The van der Waals surface area contributed by atoms with Crippen molar-refractivity contribution in [1.82, 2.24) is 10.0 Å². The molecule has 162 valence electrons. The molecule has 1 unspecified atom stereocenters. The van der Waals surface area contributed by atoms with E-state index in [-0.39, 0.29) is 10.9 Å². The van der Waals surface area contributed by atoms with Gasteiger partial charge in [-0.05, 0) is 60.0 Å². The van der Waals surface area contributed by atoms with Gasteiger partial charge in [-0.3, -0.25) is 0 Å². The van der Waals surface area contributed by atoms with Crippen molar-refractivity contribution < 1.29 is 8.42 Å². The predicted octanol–water partition coefficient (Wildman–Crippen LogP) is 3.74. The summed E-state index contributed by atoms with van der Waals surface area (Å²) in [5, 5.41) is 5.70. The third kappa shape index (κ3) is 4.17. The Hall–Kier alpha value is -2.12. The zero-order valence-electron chi connectivity index (χ0n) is 17.3. The Morgan fingerprint density at radius 2 is 1.84 bits per heavy atom. The summed E-state index contributed by atoms with van der Waals surface area (Å²) in [5.74, 6) is 0. The van der Waals surface area contributed by atoms with Crippen molar-refractivity contribution in [3.8, 4) is 0 Å². The van der Waals surface area contributed by atoms with Crippen LogP contribution in [0.15, 0.2) is 59.5 Å². The van der Waals surface area contributed by atoms with Gasteiger partial charge in [0, 0.05) is 48.3 Å². The van der Waals surface area contributed by atoms with Crippen LogP contribution in [0.5, 0.6) is 0 Å². The molecule has 0 amide bonds. The Balaban J connectivity index is 1.39. The second kappa shape index (κ2) is 8.43. The lowest BCUT2D eigenvalue weighted by Crippen LogP contribution is -2.45. The van der Waals surface area contributed by atoms with Gasteiger partial charge in [0.15, 0.2) is 0 Å². The first kappa shape index (κ1) is 20.8. The van der Waals surface area contributed by atoms with E-state index < -0.39 is 10.0 Å². The van der Waals surface area contributed by atoms with Gasteiger partial charge < -0.3 is 10.2 Å². The summed E-state index contributed by atoms with van der Waals surface area (Å²) in [6, 6.07) is 17.0. The van der Waals surface area contributed by atoms with Crippen molar-refractivity contribution in [2.75, 3.05) is 31.1 Å². The average Bonchev–Trinajstić information content (AvgIpc) is 2.79. The van der Waals surface area contributed by atoms with Crippen molar-refractivity contribution in [1.29, 1.82) is 0 Å². The van der Waals surface area contributed by atoms with Crippen LogP contribution in [-0.2, 0) is 22.9 Å². The molecule has 1 aliphatic carbocycles. The summed E-state index contributed by atoms with van der Waals surface area (Å²) in [6.45, 7) is 3.91. The highest BCUT2D eigenvalue weighted by molar-refractivity contribution is 7.89. The molecule has 0 radical (unpaired) electrons. The highest BCUT2D eigenvalue weighted by Gasteiger charge is 2.27. The number of benzene rings is 3. The van der Waals surface area contributed by atoms with E-state index in [1.165, 1.54) is 16.8 Å². The van der Waals surface area contributed by atoms with Gasteiger partial charge in [0.2, 0.25) is 10.0 Å². The minimum absolute atomic E-state index is 0.114. The van der Waals surface area contributed by atoms with E-state index in [0.29, 0.717) is 11.4 Å². The van der Waals surface area contributed by atoms with Gasteiger partial charge in [-0.15, -0.1) is 0 Å². The van der Waals surface area contributed by atoms with Crippen LogP contribution in [0.3, 0.4) is 0 Å². The number of hydrogen-bond donors (Lipinski definition) is 2. The average molecular weight is 456 g/mol.